The number of ether oxygens (including phenoxy) is 1. The lowest BCUT2D eigenvalue weighted by atomic mass is 10.1. The molecule has 2 N–H and O–H groups in total. The normalized spacial score (nSPS) is 11.2. The zero-order chi connectivity index (χ0) is 16.0. The second-order valence-electron chi connectivity index (χ2n) is 5.31. The first kappa shape index (κ1) is 22.1. The summed E-state index contributed by atoms with van der Waals surface area (Å²) in [5, 5.41) is 6.68. The highest BCUT2D eigenvalue weighted by molar-refractivity contribution is 14.0. The van der Waals surface area contributed by atoms with E-state index in [1.165, 1.54) is 5.56 Å². The maximum atomic E-state index is 5.06. The van der Waals surface area contributed by atoms with Crippen LogP contribution in [0.5, 0.6) is 0 Å². The van der Waals surface area contributed by atoms with Gasteiger partial charge in [0.15, 0.2) is 5.96 Å². The van der Waals surface area contributed by atoms with Crippen molar-refractivity contribution in [2.45, 2.75) is 12.8 Å². The van der Waals surface area contributed by atoms with Gasteiger partial charge in [0, 0.05) is 40.3 Å². The summed E-state index contributed by atoms with van der Waals surface area (Å²) in [6.45, 7) is 4.48. The number of methoxy groups -OCH3 is 1. The second kappa shape index (κ2) is 14.7. The van der Waals surface area contributed by atoms with Gasteiger partial charge in [-0.05, 0) is 25.5 Å². The third-order valence-electron chi connectivity index (χ3n) is 3.46. The molecule has 0 atom stereocenters. The maximum absolute atomic E-state index is 5.06. The van der Waals surface area contributed by atoms with Crippen LogP contribution in [0.2, 0.25) is 0 Å². The summed E-state index contributed by atoms with van der Waals surface area (Å²) in [7, 11) is 5.63. The van der Waals surface area contributed by atoms with Crippen molar-refractivity contribution in [3.8, 4) is 0 Å². The first-order valence-corrected chi connectivity index (χ1v) is 7.92. The minimum atomic E-state index is 0. The van der Waals surface area contributed by atoms with Crippen molar-refractivity contribution in [3.63, 3.8) is 0 Å². The van der Waals surface area contributed by atoms with E-state index < -0.39 is 0 Å². The van der Waals surface area contributed by atoms with Gasteiger partial charge in [-0.2, -0.15) is 0 Å². The van der Waals surface area contributed by atoms with Gasteiger partial charge in [-0.1, -0.05) is 30.3 Å². The topological polar surface area (TPSA) is 48.9 Å². The van der Waals surface area contributed by atoms with Gasteiger partial charge in [-0.15, -0.1) is 24.0 Å². The Morgan fingerprint density at radius 1 is 1.13 bits per heavy atom. The van der Waals surface area contributed by atoms with Gasteiger partial charge in [0.05, 0.1) is 6.61 Å². The minimum absolute atomic E-state index is 0. The van der Waals surface area contributed by atoms with Crippen molar-refractivity contribution >= 4 is 29.9 Å². The Labute approximate surface area is 157 Å². The van der Waals surface area contributed by atoms with Gasteiger partial charge in [-0.3, -0.25) is 4.99 Å². The molecule has 1 aromatic rings. The van der Waals surface area contributed by atoms with Gasteiger partial charge in [0.2, 0.25) is 0 Å². The summed E-state index contributed by atoms with van der Waals surface area (Å²) in [6.07, 6.45) is 2.18. The largest absolute Gasteiger partial charge is 0.383 e. The number of halogens is 1. The van der Waals surface area contributed by atoms with Crippen LogP contribution in [-0.4, -0.2) is 64.9 Å². The van der Waals surface area contributed by atoms with Crippen molar-refractivity contribution in [2.24, 2.45) is 4.99 Å². The highest BCUT2D eigenvalue weighted by Gasteiger charge is 2.00. The molecule has 1 rings (SSSR count). The Morgan fingerprint density at radius 3 is 2.48 bits per heavy atom. The molecule has 132 valence electrons. The third kappa shape index (κ3) is 11.3. The highest BCUT2D eigenvalue weighted by Crippen LogP contribution is 2.01. The number of nitrogens with one attached hydrogen (secondary N) is 2. The minimum Gasteiger partial charge on any atom is -0.383 e. The fraction of sp³-hybridized carbons (Fsp3) is 0.588. The molecule has 0 aliphatic rings. The molecule has 0 heterocycles. The van der Waals surface area contributed by atoms with Crippen LogP contribution in [0.25, 0.3) is 0 Å². The lowest BCUT2D eigenvalue weighted by Crippen LogP contribution is -2.41. The van der Waals surface area contributed by atoms with E-state index in [2.05, 4.69) is 57.9 Å². The van der Waals surface area contributed by atoms with E-state index in [0.29, 0.717) is 0 Å². The molecule has 23 heavy (non-hydrogen) atoms. The predicted octanol–water partition coefficient (Wildman–Crippen LogP) is 1.98. The van der Waals surface area contributed by atoms with Crippen LogP contribution in [0.3, 0.4) is 0 Å². The van der Waals surface area contributed by atoms with Gasteiger partial charge in [0.1, 0.15) is 0 Å². The SMILES string of the molecule is CN=C(NCCCc1ccccc1)NCCN(C)CCOC.I. The number of hydrogen-bond donors (Lipinski definition) is 2. The van der Waals surface area contributed by atoms with E-state index in [0.717, 1.165) is 51.6 Å². The highest BCUT2D eigenvalue weighted by atomic mass is 127. The van der Waals surface area contributed by atoms with Crippen LogP contribution < -0.4 is 10.6 Å². The molecule has 0 radical (unpaired) electrons. The van der Waals surface area contributed by atoms with Crippen molar-refractivity contribution in [3.05, 3.63) is 35.9 Å². The van der Waals surface area contributed by atoms with Crippen LogP contribution in [-0.2, 0) is 11.2 Å². The summed E-state index contributed by atoms with van der Waals surface area (Å²) in [6, 6.07) is 10.6. The monoisotopic (exact) mass is 434 g/mol. The lowest BCUT2D eigenvalue weighted by Gasteiger charge is -2.17. The quantitative estimate of drug-likeness (QED) is 0.256. The van der Waals surface area contributed by atoms with Crippen molar-refractivity contribution in [1.29, 1.82) is 0 Å². The second-order valence-corrected chi connectivity index (χ2v) is 5.31. The lowest BCUT2D eigenvalue weighted by molar-refractivity contribution is 0.162. The molecule has 5 nitrogen and oxygen atoms in total. The zero-order valence-electron chi connectivity index (χ0n) is 14.5. The van der Waals surface area contributed by atoms with Gasteiger partial charge in [-0.25, -0.2) is 0 Å². The van der Waals surface area contributed by atoms with E-state index in [1.54, 1.807) is 14.2 Å². The summed E-state index contributed by atoms with van der Waals surface area (Å²) in [5.74, 6) is 0.869. The molecule has 0 aliphatic heterocycles. The Balaban J connectivity index is 0.00000484. The molecule has 0 aromatic heterocycles. The first-order valence-electron chi connectivity index (χ1n) is 7.92. The van der Waals surface area contributed by atoms with Crippen LogP contribution in [0, 0.1) is 0 Å². The smallest absolute Gasteiger partial charge is 0.191 e. The van der Waals surface area contributed by atoms with E-state index >= 15 is 0 Å². The molecule has 1 aromatic carbocycles. The fourth-order valence-corrected chi connectivity index (χ4v) is 2.09. The molecule has 0 saturated heterocycles. The molecule has 0 aliphatic carbocycles. The average Bonchev–Trinajstić information content (AvgIpc) is 2.56. The maximum Gasteiger partial charge on any atom is 0.191 e. The number of benzene rings is 1. The summed E-state index contributed by atoms with van der Waals surface area (Å²) >= 11 is 0. The Bertz CT molecular complexity index is 414. The van der Waals surface area contributed by atoms with Crippen LogP contribution in [0.1, 0.15) is 12.0 Å². The molecule has 0 fully saturated rings. The molecule has 0 unspecified atom stereocenters. The number of rotatable bonds is 10. The molecule has 0 spiro atoms. The fourth-order valence-electron chi connectivity index (χ4n) is 2.09. The van der Waals surface area contributed by atoms with Crippen molar-refractivity contribution in [1.82, 2.24) is 15.5 Å². The van der Waals surface area contributed by atoms with Crippen molar-refractivity contribution in [2.75, 3.05) is 54.0 Å². The number of guanidine groups is 1. The first-order chi connectivity index (χ1) is 10.8. The summed E-state index contributed by atoms with van der Waals surface area (Å²) in [4.78, 5) is 6.48. The van der Waals surface area contributed by atoms with E-state index in [9.17, 15) is 0 Å². The number of aryl methyl sites for hydroxylation is 1. The molecule has 0 bridgehead atoms. The molecular weight excluding hydrogens is 403 g/mol. The standard InChI is InChI=1S/C17H30N4O.HI/c1-18-17(20-12-13-21(2)14-15-22-3)19-11-7-10-16-8-5-4-6-9-16;/h4-6,8-9H,7,10-15H2,1-3H3,(H2,18,19,20);1H. The summed E-state index contributed by atoms with van der Waals surface area (Å²) in [5.41, 5.74) is 1.38. The molecule has 6 heteroatoms. The van der Waals surface area contributed by atoms with Crippen LogP contribution in [0.15, 0.2) is 35.3 Å². The third-order valence-corrected chi connectivity index (χ3v) is 3.46. The Hall–Kier alpha value is -0.860. The number of hydrogen-bond acceptors (Lipinski definition) is 3. The molecular formula is C17H31IN4O. The number of aliphatic imine (C=N–C) groups is 1. The van der Waals surface area contributed by atoms with E-state index in [4.69, 9.17) is 4.74 Å². The van der Waals surface area contributed by atoms with Crippen molar-refractivity contribution < 1.29 is 4.74 Å². The van der Waals surface area contributed by atoms with Crippen LogP contribution >= 0.6 is 24.0 Å². The van der Waals surface area contributed by atoms with Gasteiger partial charge in [0.25, 0.3) is 0 Å². The van der Waals surface area contributed by atoms with Gasteiger partial charge < -0.3 is 20.3 Å². The summed E-state index contributed by atoms with van der Waals surface area (Å²) < 4.78 is 5.06. The number of likely N-dealkylation sites (N-methyl/N-ethyl adjacent to an activating group) is 1. The van der Waals surface area contributed by atoms with E-state index in [-0.39, 0.29) is 24.0 Å². The Kier molecular flexibility index (Phi) is 14.2. The van der Waals surface area contributed by atoms with Crippen LogP contribution in [0.4, 0.5) is 0 Å². The molecule has 0 saturated carbocycles. The molecule has 0 amide bonds. The Morgan fingerprint density at radius 2 is 1.83 bits per heavy atom. The van der Waals surface area contributed by atoms with E-state index in [1.807, 2.05) is 0 Å². The number of nitrogens with zero attached hydrogens (tertiary/aromatic N) is 2. The predicted molar refractivity (Wildman–Crippen MR) is 109 cm³/mol. The zero-order valence-corrected chi connectivity index (χ0v) is 16.9. The van der Waals surface area contributed by atoms with Gasteiger partial charge >= 0.3 is 0 Å². The average molecular weight is 434 g/mol.